The Morgan fingerprint density at radius 3 is 2.88 bits per heavy atom. The molecule has 1 aromatic carbocycles. The fourth-order valence-corrected chi connectivity index (χ4v) is 2.71. The van der Waals surface area contributed by atoms with Gasteiger partial charge in [0.2, 0.25) is 0 Å². The molecule has 2 N–H and O–H groups in total. The van der Waals surface area contributed by atoms with Crippen LogP contribution in [0.1, 0.15) is 20.8 Å². The standard InChI is InChI=1S/C17H13N3O4/c21-16-13-8-10(1-2-15(13)24-6-4-18-16)11-3-5-20-12(7-11)9-14(19-20)17(22)23/h1-3,5,7-9H,4,6H2,(H,18,21)(H,22,23). The molecular formula is C17H13N3O4. The van der Waals surface area contributed by atoms with E-state index >= 15 is 0 Å². The van der Waals surface area contributed by atoms with Crippen LogP contribution in [0, 0.1) is 0 Å². The van der Waals surface area contributed by atoms with Gasteiger partial charge in [-0.2, -0.15) is 5.10 Å². The summed E-state index contributed by atoms with van der Waals surface area (Å²) in [6.45, 7) is 0.917. The van der Waals surface area contributed by atoms with E-state index in [1.807, 2.05) is 18.2 Å². The summed E-state index contributed by atoms with van der Waals surface area (Å²) in [6.07, 6.45) is 1.69. The van der Waals surface area contributed by atoms with Crippen LogP contribution in [0.2, 0.25) is 0 Å². The normalized spacial score (nSPS) is 13.8. The molecular weight excluding hydrogens is 310 g/mol. The molecule has 7 heteroatoms. The molecule has 0 spiro atoms. The van der Waals surface area contributed by atoms with Crippen molar-refractivity contribution in [3.05, 3.63) is 53.9 Å². The number of nitrogens with zero attached hydrogens (tertiary/aromatic N) is 2. The van der Waals surface area contributed by atoms with E-state index in [0.717, 1.165) is 11.1 Å². The Kier molecular flexibility index (Phi) is 3.19. The highest BCUT2D eigenvalue weighted by Crippen LogP contribution is 2.28. The molecule has 0 bridgehead atoms. The quantitative estimate of drug-likeness (QED) is 0.750. The Labute approximate surface area is 136 Å². The van der Waals surface area contributed by atoms with Gasteiger partial charge in [0.15, 0.2) is 5.69 Å². The van der Waals surface area contributed by atoms with Crippen molar-refractivity contribution in [2.24, 2.45) is 0 Å². The Morgan fingerprint density at radius 1 is 1.21 bits per heavy atom. The Balaban J connectivity index is 1.79. The summed E-state index contributed by atoms with van der Waals surface area (Å²) < 4.78 is 7.05. The van der Waals surface area contributed by atoms with Crippen molar-refractivity contribution in [2.45, 2.75) is 0 Å². The average molecular weight is 323 g/mol. The number of nitrogens with one attached hydrogen (secondary N) is 1. The van der Waals surface area contributed by atoms with Crippen LogP contribution in [-0.4, -0.2) is 39.7 Å². The topological polar surface area (TPSA) is 92.9 Å². The van der Waals surface area contributed by atoms with Crippen LogP contribution in [0.3, 0.4) is 0 Å². The number of amides is 1. The van der Waals surface area contributed by atoms with E-state index in [4.69, 9.17) is 9.84 Å². The number of aromatic carboxylic acids is 1. The maximum atomic E-state index is 12.1. The smallest absolute Gasteiger partial charge is 0.356 e. The number of fused-ring (bicyclic) bond motifs is 2. The monoisotopic (exact) mass is 323 g/mol. The zero-order valence-electron chi connectivity index (χ0n) is 12.5. The lowest BCUT2D eigenvalue weighted by Crippen LogP contribution is -2.24. The molecule has 1 amide bonds. The van der Waals surface area contributed by atoms with E-state index < -0.39 is 5.97 Å². The summed E-state index contributed by atoms with van der Waals surface area (Å²) in [4.78, 5) is 23.1. The van der Waals surface area contributed by atoms with E-state index in [2.05, 4.69) is 10.4 Å². The van der Waals surface area contributed by atoms with Gasteiger partial charge in [-0.3, -0.25) is 4.79 Å². The molecule has 0 saturated heterocycles. The van der Waals surface area contributed by atoms with Crippen LogP contribution >= 0.6 is 0 Å². The number of hydrogen-bond donors (Lipinski definition) is 2. The lowest BCUT2D eigenvalue weighted by molar-refractivity contribution is 0.0690. The number of rotatable bonds is 2. The number of carbonyl (C=O) groups is 2. The van der Waals surface area contributed by atoms with Crippen LogP contribution < -0.4 is 10.1 Å². The van der Waals surface area contributed by atoms with Crippen LogP contribution in [0.4, 0.5) is 0 Å². The third kappa shape index (κ3) is 2.36. The summed E-state index contributed by atoms with van der Waals surface area (Å²) in [5.74, 6) is -0.672. The number of carboxylic acids is 1. The Hall–Kier alpha value is -3.35. The van der Waals surface area contributed by atoms with Crippen molar-refractivity contribution in [2.75, 3.05) is 13.2 Å². The van der Waals surface area contributed by atoms with Gasteiger partial charge >= 0.3 is 5.97 Å². The molecule has 0 unspecified atom stereocenters. The van der Waals surface area contributed by atoms with Gasteiger partial charge in [-0.1, -0.05) is 6.07 Å². The van der Waals surface area contributed by atoms with Crippen molar-refractivity contribution in [1.29, 1.82) is 0 Å². The first-order valence-electron chi connectivity index (χ1n) is 7.40. The number of carbonyl (C=O) groups excluding carboxylic acids is 1. The van der Waals surface area contributed by atoms with Gasteiger partial charge in [0.25, 0.3) is 5.91 Å². The first-order valence-corrected chi connectivity index (χ1v) is 7.40. The summed E-state index contributed by atoms with van der Waals surface area (Å²) in [5.41, 5.74) is 2.85. The number of ether oxygens (including phenoxy) is 1. The minimum Gasteiger partial charge on any atom is -0.491 e. The molecule has 0 aliphatic carbocycles. The zero-order chi connectivity index (χ0) is 16.7. The number of carboxylic acid groups (broad SMARTS) is 1. The van der Waals surface area contributed by atoms with E-state index in [1.54, 1.807) is 18.3 Å². The van der Waals surface area contributed by atoms with E-state index in [-0.39, 0.29) is 11.6 Å². The van der Waals surface area contributed by atoms with Crippen molar-refractivity contribution >= 4 is 17.4 Å². The molecule has 1 aliphatic heterocycles. The third-order valence-corrected chi connectivity index (χ3v) is 3.89. The van der Waals surface area contributed by atoms with E-state index in [1.165, 1.54) is 10.6 Å². The van der Waals surface area contributed by atoms with Gasteiger partial charge < -0.3 is 15.2 Å². The SMILES string of the molecule is O=C(O)c1cc2cc(-c3ccc4c(c3)C(=O)NCCO4)ccn2n1. The number of hydrogen-bond acceptors (Lipinski definition) is 4. The molecule has 3 aromatic rings. The third-order valence-electron chi connectivity index (χ3n) is 3.89. The van der Waals surface area contributed by atoms with Gasteiger partial charge in [0.05, 0.1) is 17.6 Å². The molecule has 2 aromatic heterocycles. The van der Waals surface area contributed by atoms with Gasteiger partial charge in [-0.05, 0) is 41.5 Å². The largest absolute Gasteiger partial charge is 0.491 e. The molecule has 120 valence electrons. The highest BCUT2D eigenvalue weighted by atomic mass is 16.5. The van der Waals surface area contributed by atoms with E-state index in [9.17, 15) is 9.59 Å². The van der Waals surface area contributed by atoms with Crippen LogP contribution in [0.5, 0.6) is 5.75 Å². The van der Waals surface area contributed by atoms with Crippen molar-refractivity contribution in [3.63, 3.8) is 0 Å². The second-order valence-electron chi connectivity index (χ2n) is 5.43. The minimum absolute atomic E-state index is 0.0122. The van der Waals surface area contributed by atoms with Gasteiger partial charge in [0, 0.05) is 6.20 Å². The van der Waals surface area contributed by atoms with Crippen LogP contribution in [-0.2, 0) is 0 Å². The summed E-state index contributed by atoms with van der Waals surface area (Å²) in [7, 11) is 0. The molecule has 0 atom stereocenters. The van der Waals surface area contributed by atoms with Crippen LogP contribution in [0.25, 0.3) is 16.6 Å². The lowest BCUT2D eigenvalue weighted by Gasteiger charge is -2.08. The van der Waals surface area contributed by atoms with Gasteiger partial charge in [-0.15, -0.1) is 0 Å². The van der Waals surface area contributed by atoms with Crippen molar-refractivity contribution < 1.29 is 19.4 Å². The molecule has 3 heterocycles. The summed E-state index contributed by atoms with van der Waals surface area (Å²) >= 11 is 0. The molecule has 0 fully saturated rings. The Morgan fingerprint density at radius 2 is 2.04 bits per heavy atom. The molecule has 7 nitrogen and oxygen atoms in total. The summed E-state index contributed by atoms with van der Waals surface area (Å²) in [6, 6.07) is 10.6. The molecule has 4 rings (SSSR count). The molecule has 0 radical (unpaired) electrons. The van der Waals surface area contributed by atoms with Gasteiger partial charge in [0.1, 0.15) is 12.4 Å². The summed E-state index contributed by atoms with van der Waals surface area (Å²) in [5, 5.41) is 15.8. The first-order chi connectivity index (χ1) is 11.6. The fourth-order valence-electron chi connectivity index (χ4n) is 2.71. The molecule has 24 heavy (non-hydrogen) atoms. The highest BCUT2D eigenvalue weighted by molar-refractivity contribution is 5.98. The second-order valence-corrected chi connectivity index (χ2v) is 5.43. The maximum Gasteiger partial charge on any atom is 0.356 e. The number of benzene rings is 1. The van der Waals surface area contributed by atoms with Crippen LogP contribution in [0.15, 0.2) is 42.6 Å². The Bertz CT molecular complexity index is 977. The van der Waals surface area contributed by atoms with Gasteiger partial charge in [-0.25, -0.2) is 9.31 Å². The number of aromatic nitrogens is 2. The predicted molar refractivity (Wildman–Crippen MR) is 85.4 cm³/mol. The van der Waals surface area contributed by atoms with E-state index in [0.29, 0.717) is 30.0 Å². The fraction of sp³-hybridized carbons (Fsp3) is 0.118. The average Bonchev–Trinajstić information content (AvgIpc) is 2.93. The zero-order valence-corrected chi connectivity index (χ0v) is 12.5. The van der Waals surface area contributed by atoms with Crippen molar-refractivity contribution in [1.82, 2.24) is 14.9 Å². The number of pyridine rings is 1. The predicted octanol–water partition coefficient (Wildman–Crippen LogP) is 1.82. The molecule has 0 saturated carbocycles. The van der Waals surface area contributed by atoms with Crippen molar-refractivity contribution in [3.8, 4) is 16.9 Å². The highest BCUT2D eigenvalue weighted by Gasteiger charge is 2.17. The first kappa shape index (κ1) is 14.3. The maximum absolute atomic E-state index is 12.1. The lowest BCUT2D eigenvalue weighted by atomic mass is 10.0. The molecule has 1 aliphatic rings. The minimum atomic E-state index is -1.07. The second kappa shape index (κ2) is 5.38.